The number of likely N-dealkylation sites (tertiary alicyclic amines) is 1. The van der Waals surface area contributed by atoms with Gasteiger partial charge in [0.25, 0.3) is 0 Å². The first-order chi connectivity index (χ1) is 6.05. The molecule has 1 atom stereocenters. The lowest BCUT2D eigenvalue weighted by Gasteiger charge is -2.35. The number of rotatable bonds is 1. The van der Waals surface area contributed by atoms with Gasteiger partial charge in [0.1, 0.15) is 0 Å². The molecule has 0 bridgehead atoms. The van der Waals surface area contributed by atoms with Gasteiger partial charge >= 0.3 is 6.09 Å². The maximum atomic E-state index is 11.2. The van der Waals surface area contributed by atoms with Gasteiger partial charge in [0.05, 0.1) is 12.1 Å². The molecule has 0 aromatic heterocycles. The van der Waals surface area contributed by atoms with Gasteiger partial charge in [-0.3, -0.25) is 0 Å². The minimum atomic E-state index is -0.788. The van der Waals surface area contributed by atoms with Gasteiger partial charge in [-0.1, -0.05) is 11.6 Å². The van der Waals surface area contributed by atoms with Crippen LogP contribution >= 0.6 is 11.6 Å². The average molecular weight is 208 g/mol. The van der Waals surface area contributed by atoms with Crippen molar-refractivity contribution in [3.05, 3.63) is 0 Å². The smallest absolute Gasteiger partial charge is 0.411 e. The summed E-state index contributed by atoms with van der Waals surface area (Å²) < 4.78 is 4.62. The van der Waals surface area contributed by atoms with Gasteiger partial charge < -0.3 is 14.7 Å². The third-order valence-electron chi connectivity index (χ3n) is 2.11. The molecule has 5 heteroatoms. The number of β-amino-alcohol motifs (C(OH)–C–C–N with tert-alkyl or cyclic N) is 1. The van der Waals surface area contributed by atoms with Gasteiger partial charge in [0, 0.05) is 6.54 Å². The number of carbonyl (C=O) groups is 1. The van der Waals surface area contributed by atoms with Gasteiger partial charge in [0.2, 0.25) is 0 Å². The number of hydrogen-bond acceptors (Lipinski definition) is 3. The Balaban J connectivity index is 2.47. The van der Waals surface area contributed by atoms with Crippen molar-refractivity contribution in [2.75, 3.05) is 19.2 Å². The van der Waals surface area contributed by atoms with E-state index in [1.165, 1.54) is 4.90 Å². The summed E-state index contributed by atoms with van der Waals surface area (Å²) in [7, 11) is 0. The molecule has 1 N–H and O–H groups in total. The minimum absolute atomic E-state index is 0.141. The molecule has 13 heavy (non-hydrogen) atoms. The quantitative estimate of drug-likeness (QED) is 0.657. The zero-order valence-corrected chi connectivity index (χ0v) is 8.38. The number of aliphatic hydroxyl groups is 1. The number of amides is 1. The molecule has 0 saturated carbocycles. The average Bonchev–Trinajstić information content (AvgIpc) is 2.03. The van der Waals surface area contributed by atoms with Crippen LogP contribution in [0.2, 0.25) is 0 Å². The molecule has 1 heterocycles. The first-order valence-electron chi connectivity index (χ1n) is 4.25. The van der Waals surface area contributed by atoms with Gasteiger partial charge in [-0.2, -0.15) is 0 Å². The standard InChI is InChI=1S/C8H14ClNO3/c1-8(12)3-2-4-10(5-8)7(11)13-6-9/h12H,2-6H2,1H3. The van der Waals surface area contributed by atoms with Crippen LogP contribution in [0.1, 0.15) is 19.8 Å². The van der Waals surface area contributed by atoms with E-state index in [1.54, 1.807) is 6.92 Å². The van der Waals surface area contributed by atoms with Gasteiger partial charge in [-0.25, -0.2) is 4.79 Å². The highest BCUT2D eigenvalue weighted by molar-refractivity contribution is 6.17. The van der Waals surface area contributed by atoms with Crippen molar-refractivity contribution in [1.29, 1.82) is 0 Å². The van der Waals surface area contributed by atoms with E-state index in [0.717, 1.165) is 12.8 Å². The van der Waals surface area contributed by atoms with Crippen molar-refractivity contribution >= 4 is 17.7 Å². The third-order valence-corrected chi connectivity index (χ3v) is 2.22. The Labute approximate surface area is 82.4 Å². The molecule has 1 aliphatic heterocycles. The zero-order chi connectivity index (χ0) is 9.90. The van der Waals surface area contributed by atoms with E-state index >= 15 is 0 Å². The van der Waals surface area contributed by atoms with E-state index in [4.69, 9.17) is 11.6 Å². The Morgan fingerprint density at radius 2 is 2.46 bits per heavy atom. The van der Waals surface area contributed by atoms with Crippen molar-refractivity contribution in [1.82, 2.24) is 4.90 Å². The minimum Gasteiger partial charge on any atom is -0.433 e. The first kappa shape index (κ1) is 10.6. The Morgan fingerprint density at radius 1 is 1.77 bits per heavy atom. The van der Waals surface area contributed by atoms with Crippen LogP contribution in [-0.4, -0.2) is 40.9 Å². The van der Waals surface area contributed by atoms with Crippen molar-refractivity contribution < 1.29 is 14.6 Å². The zero-order valence-electron chi connectivity index (χ0n) is 7.62. The number of carbonyl (C=O) groups excluding carboxylic acids is 1. The predicted molar refractivity (Wildman–Crippen MR) is 48.6 cm³/mol. The fourth-order valence-electron chi connectivity index (χ4n) is 1.51. The van der Waals surface area contributed by atoms with E-state index in [1.807, 2.05) is 0 Å². The van der Waals surface area contributed by atoms with E-state index in [-0.39, 0.29) is 6.07 Å². The molecule has 0 aromatic carbocycles. The second-order valence-electron chi connectivity index (χ2n) is 3.54. The molecule has 0 spiro atoms. The number of piperidine rings is 1. The van der Waals surface area contributed by atoms with Gasteiger partial charge in [-0.15, -0.1) is 0 Å². The molecule has 76 valence electrons. The van der Waals surface area contributed by atoms with Crippen molar-refractivity contribution in [2.24, 2.45) is 0 Å². The number of nitrogens with zero attached hydrogens (tertiary/aromatic N) is 1. The largest absolute Gasteiger partial charge is 0.433 e. The van der Waals surface area contributed by atoms with Crippen LogP contribution in [0.15, 0.2) is 0 Å². The van der Waals surface area contributed by atoms with Gasteiger partial charge in [0.15, 0.2) is 6.07 Å². The summed E-state index contributed by atoms with van der Waals surface area (Å²) in [4.78, 5) is 12.7. The van der Waals surface area contributed by atoms with Crippen molar-refractivity contribution in [2.45, 2.75) is 25.4 Å². The number of halogens is 1. The lowest BCUT2D eigenvalue weighted by Crippen LogP contribution is -2.48. The Morgan fingerprint density at radius 3 is 3.00 bits per heavy atom. The normalized spacial score (nSPS) is 28.7. The van der Waals surface area contributed by atoms with E-state index in [2.05, 4.69) is 4.74 Å². The van der Waals surface area contributed by atoms with Crippen LogP contribution in [0.3, 0.4) is 0 Å². The van der Waals surface area contributed by atoms with Crippen LogP contribution in [0.25, 0.3) is 0 Å². The maximum absolute atomic E-state index is 11.2. The molecule has 0 aromatic rings. The van der Waals surface area contributed by atoms with Crippen LogP contribution in [0.5, 0.6) is 0 Å². The summed E-state index contributed by atoms with van der Waals surface area (Å²) >= 11 is 5.25. The molecule has 1 unspecified atom stereocenters. The number of ether oxygens (including phenoxy) is 1. The Bertz CT molecular complexity index is 196. The molecule has 0 radical (unpaired) electrons. The molecule has 1 fully saturated rings. The maximum Gasteiger partial charge on any atom is 0.411 e. The molecular formula is C8H14ClNO3. The fourth-order valence-corrected chi connectivity index (χ4v) is 1.61. The number of hydrogen-bond donors (Lipinski definition) is 1. The highest BCUT2D eigenvalue weighted by Gasteiger charge is 2.31. The molecule has 0 aliphatic carbocycles. The number of alkyl halides is 1. The van der Waals surface area contributed by atoms with Crippen LogP contribution in [-0.2, 0) is 4.74 Å². The first-order valence-corrected chi connectivity index (χ1v) is 4.79. The molecule has 1 rings (SSSR count). The van der Waals surface area contributed by atoms with Crippen LogP contribution in [0.4, 0.5) is 4.79 Å². The molecule has 4 nitrogen and oxygen atoms in total. The molecule has 1 amide bonds. The second-order valence-corrected chi connectivity index (χ2v) is 3.76. The highest BCUT2D eigenvalue weighted by atomic mass is 35.5. The summed E-state index contributed by atoms with van der Waals surface area (Å²) in [6, 6.07) is -0.141. The van der Waals surface area contributed by atoms with Crippen molar-refractivity contribution in [3.8, 4) is 0 Å². The summed E-state index contributed by atoms with van der Waals surface area (Å²) in [5.41, 5.74) is -0.788. The summed E-state index contributed by atoms with van der Waals surface area (Å²) in [5, 5.41) is 9.68. The Hall–Kier alpha value is -0.480. The van der Waals surface area contributed by atoms with Crippen LogP contribution in [0, 0.1) is 0 Å². The summed E-state index contributed by atoms with van der Waals surface area (Å²) in [6.07, 6.45) is 1.07. The van der Waals surface area contributed by atoms with Gasteiger partial charge in [-0.05, 0) is 19.8 Å². The molecule has 1 aliphatic rings. The third kappa shape index (κ3) is 3.04. The molecular weight excluding hydrogens is 194 g/mol. The Kier molecular flexibility index (Phi) is 3.39. The second kappa shape index (κ2) is 4.15. The van der Waals surface area contributed by atoms with Crippen molar-refractivity contribution in [3.63, 3.8) is 0 Å². The summed E-state index contributed by atoms with van der Waals surface area (Å²) in [5.74, 6) is 0. The topological polar surface area (TPSA) is 49.8 Å². The van der Waals surface area contributed by atoms with E-state index < -0.39 is 11.7 Å². The van der Waals surface area contributed by atoms with E-state index in [0.29, 0.717) is 13.1 Å². The SMILES string of the molecule is CC1(O)CCCN(C(=O)OCCl)C1. The monoisotopic (exact) mass is 207 g/mol. The molecule has 1 saturated heterocycles. The van der Waals surface area contributed by atoms with E-state index in [9.17, 15) is 9.90 Å². The predicted octanol–water partition coefficient (Wildman–Crippen LogP) is 1.17. The lowest BCUT2D eigenvalue weighted by molar-refractivity contribution is -0.0137. The lowest BCUT2D eigenvalue weighted by atomic mass is 9.96. The van der Waals surface area contributed by atoms with Crippen LogP contribution < -0.4 is 0 Å². The fraction of sp³-hybridized carbons (Fsp3) is 0.875. The highest BCUT2D eigenvalue weighted by Crippen LogP contribution is 2.20. The summed E-state index contributed by atoms with van der Waals surface area (Å²) in [6.45, 7) is 2.67.